The summed E-state index contributed by atoms with van der Waals surface area (Å²) in [7, 11) is -4.06. The van der Waals surface area contributed by atoms with Crippen molar-refractivity contribution in [3.05, 3.63) is 29.6 Å². The van der Waals surface area contributed by atoms with Crippen molar-refractivity contribution in [2.45, 2.75) is 30.4 Å². The summed E-state index contributed by atoms with van der Waals surface area (Å²) in [4.78, 5) is 11.6. The first-order chi connectivity index (χ1) is 9.27. The number of benzene rings is 1. The number of carbonyl (C=O) groups is 1. The van der Waals surface area contributed by atoms with Crippen molar-refractivity contribution in [3.63, 3.8) is 0 Å². The average molecular weight is 302 g/mol. The van der Waals surface area contributed by atoms with Crippen LogP contribution in [-0.4, -0.2) is 33.1 Å². The fourth-order valence-corrected chi connectivity index (χ4v) is 2.60. The van der Waals surface area contributed by atoms with Gasteiger partial charge >= 0.3 is 0 Å². The summed E-state index contributed by atoms with van der Waals surface area (Å²) < 4.78 is 41.1. The summed E-state index contributed by atoms with van der Waals surface area (Å²) >= 11 is 0. The number of nitrogens with two attached hydrogens (primary N) is 1. The molecule has 1 aromatic rings. The van der Waals surface area contributed by atoms with Gasteiger partial charge in [0, 0.05) is 12.2 Å². The van der Waals surface area contributed by atoms with Crippen molar-refractivity contribution in [1.29, 1.82) is 0 Å². The van der Waals surface area contributed by atoms with Crippen LogP contribution < -0.4 is 10.5 Å². The lowest BCUT2D eigenvalue weighted by Gasteiger charge is -2.16. The first kappa shape index (κ1) is 14.9. The highest BCUT2D eigenvalue weighted by Crippen LogP contribution is 2.16. The lowest BCUT2D eigenvalue weighted by atomic mass is 10.1. The van der Waals surface area contributed by atoms with E-state index in [0.717, 1.165) is 18.2 Å². The van der Waals surface area contributed by atoms with E-state index in [1.165, 1.54) is 0 Å². The molecule has 1 aromatic carbocycles. The molecular weight excluding hydrogens is 287 g/mol. The summed E-state index contributed by atoms with van der Waals surface area (Å²) in [5, 5.41) is 7.62. The molecular formula is C12H15FN2O4S. The Hall–Kier alpha value is -1.51. The van der Waals surface area contributed by atoms with E-state index in [1.54, 1.807) is 0 Å². The van der Waals surface area contributed by atoms with Crippen molar-refractivity contribution in [3.8, 4) is 0 Å². The van der Waals surface area contributed by atoms with Gasteiger partial charge in [0.05, 0.1) is 17.0 Å². The van der Waals surface area contributed by atoms with Gasteiger partial charge in [0.15, 0.2) is 0 Å². The van der Waals surface area contributed by atoms with Crippen LogP contribution >= 0.6 is 0 Å². The van der Waals surface area contributed by atoms with Crippen LogP contribution in [0.15, 0.2) is 23.1 Å². The largest absolute Gasteiger partial charge is 0.376 e. The van der Waals surface area contributed by atoms with Gasteiger partial charge in [0.25, 0.3) is 5.91 Å². The molecule has 1 heterocycles. The molecule has 1 amide bonds. The van der Waals surface area contributed by atoms with E-state index in [2.05, 4.69) is 5.32 Å². The lowest BCUT2D eigenvalue weighted by Crippen LogP contribution is -2.39. The Morgan fingerprint density at radius 1 is 1.45 bits per heavy atom. The van der Waals surface area contributed by atoms with E-state index >= 15 is 0 Å². The molecule has 0 aliphatic carbocycles. The second kappa shape index (κ2) is 5.47. The maximum absolute atomic E-state index is 13.4. The molecule has 0 radical (unpaired) electrons. The van der Waals surface area contributed by atoms with Gasteiger partial charge < -0.3 is 10.1 Å². The molecule has 0 saturated carbocycles. The predicted molar refractivity (Wildman–Crippen MR) is 69.1 cm³/mol. The fraction of sp³-hybridized carbons (Fsp3) is 0.417. The van der Waals surface area contributed by atoms with E-state index < -0.39 is 26.6 Å². The number of sulfonamides is 1. The molecule has 1 aliphatic heterocycles. The monoisotopic (exact) mass is 302 g/mol. The Balaban J connectivity index is 2.24. The standard InChI is InChI=1S/C12H15FN2O4S/c1-7-11(2-3-19-7)15-12(16)8-4-9(13)6-10(5-8)20(14,17)18/h4-7,11H,2-3H2,1H3,(H,15,16)(H2,14,17,18). The summed E-state index contributed by atoms with van der Waals surface area (Å²) in [6, 6.07) is 2.61. The number of nitrogens with one attached hydrogen (secondary N) is 1. The highest BCUT2D eigenvalue weighted by molar-refractivity contribution is 7.89. The van der Waals surface area contributed by atoms with Crippen LogP contribution in [-0.2, 0) is 14.8 Å². The van der Waals surface area contributed by atoms with Crippen LogP contribution in [0.5, 0.6) is 0 Å². The molecule has 110 valence electrons. The number of carbonyl (C=O) groups excluding carboxylic acids is 1. The highest BCUT2D eigenvalue weighted by atomic mass is 32.2. The minimum Gasteiger partial charge on any atom is -0.376 e. The molecule has 0 bridgehead atoms. The molecule has 6 nitrogen and oxygen atoms in total. The van der Waals surface area contributed by atoms with E-state index in [4.69, 9.17) is 9.88 Å². The minimum absolute atomic E-state index is 0.0897. The van der Waals surface area contributed by atoms with Crippen molar-refractivity contribution in [2.24, 2.45) is 5.14 Å². The lowest BCUT2D eigenvalue weighted by molar-refractivity contribution is 0.0865. The van der Waals surface area contributed by atoms with Crippen LogP contribution in [0.2, 0.25) is 0 Å². The van der Waals surface area contributed by atoms with Crippen LogP contribution in [0, 0.1) is 5.82 Å². The normalized spacial score (nSPS) is 22.8. The SMILES string of the molecule is CC1OCCC1NC(=O)c1cc(F)cc(S(N)(=O)=O)c1. The van der Waals surface area contributed by atoms with Gasteiger partial charge in [-0.3, -0.25) is 4.79 Å². The third-order valence-electron chi connectivity index (χ3n) is 3.15. The Morgan fingerprint density at radius 2 is 2.15 bits per heavy atom. The second-order valence-electron chi connectivity index (χ2n) is 4.67. The maximum Gasteiger partial charge on any atom is 0.251 e. The highest BCUT2D eigenvalue weighted by Gasteiger charge is 2.26. The summed E-state index contributed by atoms with van der Waals surface area (Å²) in [5.41, 5.74) is -0.0897. The topological polar surface area (TPSA) is 98.5 Å². The Labute approximate surface area is 116 Å². The van der Waals surface area contributed by atoms with Gasteiger partial charge in [0.2, 0.25) is 10.0 Å². The number of hydrogen-bond acceptors (Lipinski definition) is 4. The predicted octanol–water partition coefficient (Wildman–Crippen LogP) is 0.380. The minimum atomic E-state index is -4.06. The zero-order chi connectivity index (χ0) is 14.9. The van der Waals surface area contributed by atoms with Crippen molar-refractivity contribution in [2.75, 3.05) is 6.61 Å². The molecule has 20 heavy (non-hydrogen) atoms. The molecule has 1 saturated heterocycles. The fourth-order valence-electron chi connectivity index (χ4n) is 2.03. The Morgan fingerprint density at radius 3 is 2.70 bits per heavy atom. The van der Waals surface area contributed by atoms with Gasteiger partial charge in [-0.2, -0.15) is 0 Å². The zero-order valence-corrected chi connectivity index (χ0v) is 11.6. The third-order valence-corrected chi connectivity index (χ3v) is 4.05. The number of hydrogen-bond donors (Lipinski definition) is 2. The van der Waals surface area contributed by atoms with Gasteiger partial charge in [-0.05, 0) is 31.5 Å². The van der Waals surface area contributed by atoms with Crippen LogP contribution in [0.1, 0.15) is 23.7 Å². The summed E-state index contributed by atoms with van der Waals surface area (Å²) in [6.07, 6.45) is 0.523. The molecule has 0 spiro atoms. The van der Waals surface area contributed by atoms with E-state index in [9.17, 15) is 17.6 Å². The smallest absolute Gasteiger partial charge is 0.251 e. The molecule has 2 rings (SSSR count). The van der Waals surface area contributed by atoms with Crippen molar-refractivity contribution < 1.29 is 22.3 Å². The molecule has 2 atom stereocenters. The maximum atomic E-state index is 13.4. The first-order valence-electron chi connectivity index (χ1n) is 6.03. The molecule has 2 unspecified atom stereocenters. The average Bonchev–Trinajstić information content (AvgIpc) is 2.73. The van der Waals surface area contributed by atoms with Gasteiger partial charge in [-0.25, -0.2) is 17.9 Å². The molecule has 8 heteroatoms. The van der Waals surface area contributed by atoms with Gasteiger partial charge in [-0.15, -0.1) is 0 Å². The van der Waals surface area contributed by atoms with Crippen LogP contribution in [0.3, 0.4) is 0 Å². The van der Waals surface area contributed by atoms with Gasteiger partial charge in [0.1, 0.15) is 5.82 Å². The van der Waals surface area contributed by atoms with E-state index in [-0.39, 0.29) is 17.7 Å². The van der Waals surface area contributed by atoms with Gasteiger partial charge in [-0.1, -0.05) is 0 Å². The summed E-state index contributed by atoms with van der Waals surface area (Å²) in [6.45, 7) is 2.36. The Kier molecular flexibility index (Phi) is 4.07. The number of primary sulfonamides is 1. The van der Waals surface area contributed by atoms with Crippen molar-refractivity contribution in [1.82, 2.24) is 5.32 Å². The zero-order valence-electron chi connectivity index (χ0n) is 10.8. The Bertz CT molecular complexity index is 632. The first-order valence-corrected chi connectivity index (χ1v) is 7.58. The number of rotatable bonds is 3. The third kappa shape index (κ3) is 3.33. The van der Waals surface area contributed by atoms with E-state index in [1.807, 2.05) is 6.92 Å². The quantitative estimate of drug-likeness (QED) is 0.843. The molecule has 0 aromatic heterocycles. The summed E-state index contributed by atoms with van der Waals surface area (Å²) in [5.74, 6) is -1.39. The molecule has 1 fully saturated rings. The molecule has 3 N–H and O–H groups in total. The molecule has 1 aliphatic rings. The second-order valence-corrected chi connectivity index (χ2v) is 6.23. The number of ether oxygens (including phenoxy) is 1. The number of amides is 1. The van der Waals surface area contributed by atoms with E-state index in [0.29, 0.717) is 13.0 Å². The van der Waals surface area contributed by atoms with Crippen LogP contribution in [0.25, 0.3) is 0 Å². The van der Waals surface area contributed by atoms with Crippen molar-refractivity contribution >= 4 is 15.9 Å². The number of halogens is 1. The van der Waals surface area contributed by atoms with Crippen LogP contribution in [0.4, 0.5) is 4.39 Å².